The first kappa shape index (κ1) is 10.2. The second kappa shape index (κ2) is 3.53. The van der Waals surface area contributed by atoms with Gasteiger partial charge in [0.2, 0.25) is 5.79 Å². The molecule has 0 radical (unpaired) electrons. The maximum Gasteiger partial charge on any atom is 0.335 e. The number of rotatable bonds is 2. The monoisotopic (exact) mass is 158 g/mol. The molecule has 0 aromatic rings. The molecular formula is C8H14O3. The lowest BCUT2D eigenvalue weighted by molar-refractivity contribution is -0.190. The summed E-state index contributed by atoms with van der Waals surface area (Å²) < 4.78 is 4.64. The van der Waals surface area contributed by atoms with E-state index in [0.717, 1.165) is 0 Å². The molecule has 0 aromatic carbocycles. The van der Waals surface area contributed by atoms with Gasteiger partial charge in [-0.3, -0.25) is 0 Å². The van der Waals surface area contributed by atoms with Crippen molar-refractivity contribution in [2.75, 3.05) is 0 Å². The Morgan fingerprint density at radius 3 is 2.27 bits per heavy atom. The van der Waals surface area contributed by atoms with Gasteiger partial charge in [-0.15, -0.1) is 0 Å². The number of carbonyl (C=O) groups is 1. The normalized spacial score (nSPS) is 13.0. The molecule has 0 spiro atoms. The van der Waals surface area contributed by atoms with Gasteiger partial charge in [0.25, 0.3) is 0 Å². The van der Waals surface area contributed by atoms with Crippen molar-refractivity contribution in [2.24, 2.45) is 0 Å². The van der Waals surface area contributed by atoms with Crippen LogP contribution < -0.4 is 0 Å². The molecule has 1 N–H and O–H groups in total. The van der Waals surface area contributed by atoms with Crippen LogP contribution in [-0.4, -0.2) is 16.9 Å². The molecule has 0 heterocycles. The van der Waals surface area contributed by atoms with Gasteiger partial charge in [-0.25, -0.2) is 4.79 Å². The van der Waals surface area contributed by atoms with Gasteiger partial charge < -0.3 is 9.84 Å². The van der Waals surface area contributed by atoms with Crippen molar-refractivity contribution in [3.05, 3.63) is 11.6 Å². The summed E-state index contributed by atoms with van der Waals surface area (Å²) in [6.45, 7) is 6.19. The largest absolute Gasteiger partial charge is 0.431 e. The van der Waals surface area contributed by atoms with Crippen molar-refractivity contribution in [1.82, 2.24) is 0 Å². The smallest absolute Gasteiger partial charge is 0.335 e. The van der Waals surface area contributed by atoms with Gasteiger partial charge in [0.15, 0.2) is 0 Å². The summed E-state index contributed by atoms with van der Waals surface area (Å²) in [4.78, 5) is 10.9. The molecule has 0 atom stereocenters. The number of aliphatic hydroxyl groups is 1. The van der Waals surface area contributed by atoms with Gasteiger partial charge in [-0.1, -0.05) is 6.08 Å². The molecule has 0 saturated carbocycles. The van der Waals surface area contributed by atoms with Crippen molar-refractivity contribution in [2.45, 2.75) is 33.5 Å². The van der Waals surface area contributed by atoms with Crippen molar-refractivity contribution in [1.29, 1.82) is 0 Å². The van der Waals surface area contributed by atoms with Gasteiger partial charge in [0.05, 0.1) is 0 Å². The average Bonchev–Trinajstić information content (AvgIpc) is 1.82. The second-order valence-electron chi connectivity index (χ2n) is 2.81. The maximum atomic E-state index is 10.9. The molecule has 0 bridgehead atoms. The Balaban J connectivity index is 4.10. The van der Waals surface area contributed by atoms with Crippen molar-refractivity contribution in [3.8, 4) is 0 Å². The number of hydrogen-bond donors (Lipinski definition) is 1. The molecule has 11 heavy (non-hydrogen) atoms. The van der Waals surface area contributed by atoms with E-state index in [1.165, 1.54) is 13.8 Å². The van der Waals surface area contributed by atoms with Crippen LogP contribution >= 0.6 is 0 Å². The summed E-state index contributed by atoms with van der Waals surface area (Å²) in [6, 6.07) is 0. The van der Waals surface area contributed by atoms with Crippen LogP contribution in [0.1, 0.15) is 27.7 Å². The lowest BCUT2D eigenvalue weighted by atomic mass is 10.3. The highest BCUT2D eigenvalue weighted by Crippen LogP contribution is 2.07. The molecule has 3 nitrogen and oxygen atoms in total. The van der Waals surface area contributed by atoms with E-state index in [4.69, 9.17) is 5.11 Å². The Labute approximate surface area is 66.7 Å². The van der Waals surface area contributed by atoms with Crippen LogP contribution in [0.4, 0.5) is 0 Å². The minimum absolute atomic E-state index is 0.486. The second-order valence-corrected chi connectivity index (χ2v) is 2.81. The third kappa shape index (κ3) is 4.56. The highest BCUT2D eigenvalue weighted by atomic mass is 16.7. The fourth-order valence-electron chi connectivity index (χ4n) is 0.425. The Morgan fingerprint density at radius 1 is 1.55 bits per heavy atom. The minimum Gasteiger partial charge on any atom is -0.431 e. The van der Waals surface area contributed by atoms with Crippen LogP contribution in [0.3, 0.4) is 0 Å². The molecule has 0 unspecified atom stereocenters. The van der Waals surface area contributed by atoms with Crippen LogP contribution in [0.15, 0.2) is 11.6 Å². The zero-order chi connectivity index (χ0) is 9.07. The average molecular weight is 158 g/mol. The summed E-state index contributed by atoms with van der Waals surface area (Å²) in [5.74, 6) is -1.87. The number of hydrogen-bond acceptors (Lipinski definition) is 3. The first-order chi connectivity index (χ1) is 4.87. The van der Waals surface area contributed by atoms with E-state index in [1.54, 1.807) is 19.9 Å². The first-order valence-corrected chi connectivity index (χ1v) is 3.45. The summed E-state index contributed by atoms with van der Waals surface area (Å²) in [5, 5.41) is 9.06. The standard InChI is InChI=1S/C8H14O3/c1-5-6(2)7(9)11-8(3,4)10/h5,10H,1-4H3. The van der Waals surface area contributed by atoms with Crippen molar-refractivity contribution in [3.63, 3.8) is 0 Å². The van der Waals surface area contributed by atoms with Crippen LogP contribution in [0.2, 0.25) is 0 Å². The minimum atomic E-state index is -1.39. The predicted molar refractivity (Wildman–Crippen MR) is 41.8 cm³/mol. The van der Waals surface area contributed by atoms with E-state index in [0.29, 0.717) is 5.57 Å². The van der Waals surface area contributed by atoms with E-state index in [9.17, 15) is 4.79 Å². The van der Waals surface area contributed by atoms with E-state index in [1.807, 2.05) is 0 Å². The number of ether oxygens (including phenoxy) is 1. The third-order valence-corrected chi connectivity index (χ3v) is 1.10. The molecule has 0 saturated heterocycles. The highest BCUT2D eigenvalue weighted by Gasteiger charge is 2.18. The van der Waals surface area contributed by atoms with E-state index >= 15 is 0 Å². The lowest BCUT2D eigenvalue weighted by Crippen LogP contribution is -2.27. The number of carbonyl (C=O) groups excluding carboxylic acids is 1. The molecule has 0 aliphatic carbocycles. The molecular weight excluding hydrogens is 144 g/mol. The van der Waals surface area contributed by atoms with Crippen LogP contribution in [0, 0.1) is 0 Å². The van der Waals surface area contributed by atoms with E-state index < -0.39 is 11.8 Å². The quantitative estimate of drug-likeness (QED) is 0.373. The molecule has 0 aromatic heterocycles. The Kier molecular flexibility index (Phi) is 3.26. The number of esters is 1. The molecule has 0 aliphatic rings. The van der Waals surface area contributed by atoms with Crippen LogP contribution in [-0.2, 0) is 9.53 Å². The van der Waals surface area contributed by atoms with Gasteiger partial charge in [0, 0.05) is 19.4 Å². The topological polar surface area (TPSA) is 46.5 Å². The van der Waals surface area contributed by atoms with E-state index in [2.05, 4.69) is 4.74 Å². The molecule has 0 aliphatic heterocycles. The van der Waals surface area contributed by atoms with Crippen molar-refractivity contribution < 1.29 is 14.6 Å². The molecule has 3 heteroatoms. The van der Waals surface area contributed by atoms with Crippen molar-refractivity contribution >= 4 is 5.97 Å². The van der Waals surface area contributed by atoms with Gasteiger partial charge in [0.1, 0.15) is 0 Å². The fraction of sp³-hybridized carbons (Fsp3) is 0.625. The summed E-state index contributed by atoms with van der Waals surface area (Å²) in [5.41, 5.74) is 0.493. The summed E-state index contributed by atoms with van der Waals surface area (Å²) in [7, 11) is 0. The SMILES string of the molecule is CC=C(C)C(=O)OC(C)(C)O. The maximum absolute atomic E-state index is 10.9. The van der Waals surface area contributed by atoms with E-state index in [-0.39, 0.29) is 0 Å². The lowest BCUT2D eigenvalue weighted by Gasteiger charge is -2.17. The summed E-state index contributed by atoms with van der Waals surface area (Å²) in [6.07, 6.45) is 1.63. The van der Waals surface area contributed by atoms with Gasteiger partial charge in [-0.2, -0.15) is 0 Å². The predicted octanol–water partition coefficient (Wildman–Crippen LogP) is 1.22. The molecule has 0 fully saturated rings. The first-order valence-electron chi connectivity index (χ1n) is 3.45. The van der Waals surface area contributed by atoms with Crippen LogP contribution in [0.25, 0.3) is 0 Å². The Morgan fingerprint density at radius 2 is 2.00 bits per heavy atom. The zero-order valence-electron chi connectivity index (χ0n) is 7.34. The highest BCUT2D eigenvalue weighted by molar-refractivity contribution is 5.87. The van der Waals surface area contributed by atoms with Crippen LogP contribution in [0.5, 0.6) is 0 Å². The molecule has 64 valence electrons. The fourth-order valence-corrected chi connectivity index (χ4v) is 0.425. The molecule has 0 amide bonds. The molecule has 0 rings (SSSR count). The number of allylic oxidation sites excluding steroid dienone is 1. The Hall–Kier alpha value is -0.830. The Bertz CT molecular complexity index is 174. The zero-order valence-corrected chi connectivity index (χ0v) is 7.34. The van der Waals surface area contributed by atoms with Gasteiger partial charge in [-0.05, 0) is 13.8 Å². The summed E-state index contributed by atoms with van der Waals surface area (Å²) >= 11 is 0. The third-order valence-electron chi connectivity index (χ3n) is 1.10. The van der Waals surface area contributed by atoms with Gasteiger partial charge >= 0.3 is 5.97 Å².